The van der Waals surface area contributed by atoms with Gasteiger partial charge in [0, 0.05) is 26.1 Å². The summed E-state index contributed by atoms with van der Waals surface area (Å²) in [5.74, 6) is -0.403. The number of benzene rings is 1. The summed E-state index contributed by atoms with van der Waals surface area (Å²) in [4.78, 5) is 13.8. The number of hydrogen-bond donors (Lipinski definition) is 0. The van der Waals surface area contributed by atoms with Crippen LogP contribution in [-0.4, -0.2) is 43.5 Å². The van der Waals surface area contributed by atoms with E-state index >= 15 is 0 Å². The van der Waals surface area contributed by atoms with E-state index in [1.54, 1.807) is 13.2 Å². The molecule has 0 atom stereocenters. The highest BCUT2D eigenvalue weighted by Gasteiger charge is 2.19. The SMILES string of the molecule is COCCN(CCCl)C(=O)c1cccc(F)c1Br. The van der Waals surface area contributed by atoms with Crippen molar-refractivity contribution in [2.24, 2.45) is 0 Å². The molecule has 18 heavy (non-hydrogen) atoms. The van der Waals surface area contributed by atoms with Crippen molar-refractivity contribution in [3.63, 3.8) is 0 Å². The second-order valence-electron chi connectivity index (χ2n) is 3.58. The first-order valence-electron chi connectivity index (χ1n) is 5.40. The summed E-state index contributed by atoms with van der Waals surface area (Å²) in [5.41, 5.74) is 0.288. The van der Waals surface area contributed by atoms with Crippen LogP contribution in [0.25, 0.3) is 0 Å². The Labute approximate surface area is 119 Å². The van der Waals surface area contributed by atoms with E-state index < -0.39 is 5.82 Å². The lowest BCUT2D eigenvalue weighted by Crippen LogP contribution is -2.35. The molecule has 0 heterocycles. The van der Waals surface area contributed by atoms with Crippen molar-refractivity contribution in [3.05, 3.63) is 34.1 Å². The molecule has 0 aliphatic carbocycles. The third-order valence-electron chi connectivity index (χ3n) is 2.39. The first kappa shape index (κ1) is 15.4. The lowest BCUT2D eigenvalue weighted by molar-refractivity contribution is 0.0706. The van der Waals surface area contributed by atoms with Gasteiger partial charge in [-0.2, -0.15) is 0 Å². The molecule has 0 saturated heterocycles. The van der Waals surface area contributed by atoms with Crippen LogP contribution in [0.5, 0.6) is 0 Å². The number of nitrogens with zero attached hydrogens (tertiary/aromatic N) is 1. The molecule has 0 saturated carbocycles. The van der Waals surface area contributed by atoms with Gasteiger partial charge in [-0.15, -0.1) is 11.6 Å². The van der Waals surface area contributed by atoms with Crippen molar-refractivity contribution in [2.45, 2.75) is 0 Å². The standard InChI is InChI=1S/C12H14BrClFNO2/c1-18-8-7-16(6-5-14)12(17)9-3-2-4-10(15)11(9)13/h2-4H,5-8H2,1H3. The zero-order chi connectivity index (χ0) is 13.5. The molecular formula is C12H14BrClFNO2. The summed E-state index contributed by atoms with van der Waals surface area (Å²) in [5, 5.41) is 0. The maximum atomic E-state index is 13.4. The van der Waals surface area contributed by atoms with Crippen molar-refractivity contribution >= 4 is 33.4 Å². The molecule has 0 aromatic heterocycles. The van der Waals surface area contributed by atoms with Gasteiger partial charge in [-0.1, -0.05) is 6.07 Å². The van der Waals surface area contributed by atoms with E-state index in [2.05, 4.69) is 15.9 Å². The van der Waals surface area contributed by atoms with E-state index in [0.717, 1.165) is 0 Å². The van der Waals surface area contributed by atoms with Crippen molar-refractivity contribution in [1.82, 2.24) is 4.90 Å². The molecule has 0 bridgehead atoms. The number of halogens is 3. The Balaban J connectivity index is 2.90. The number of ether oxygens (including phenoxy) is 1. The van der Waals surface area contributed by atoms with Crippen molar-refractivity contribution < 1.29 is 13.9 Å². The van der Waals surface area contributed by atoms with Crippen LogP contribution in [0, 0.1) is 5.82 Å². The van der Waals surface area contributed by atoms with Crippen LogP contribution in [0.3, 0.4) is 0 Å². The zero-order valence-electron chi connectivity index (χ0n) is 9.96. The van der Waals surface area contributed by atoms with Crippen LogP contribution in [0.15, 0.2) is 22.7 Å². The minimum atomic E-state index is -0.460. The zero-order valence-corrected chi connectivity index (χ0v) is 12.3. The molecule has 0 radical (unpaired) electrons. The van der Waals surface area contributed by atoms with Crippen LogP contribution in [0.4, 0.5) is 4.39 Å². The fourth-order valence-electron chi connectivity index (χ4n) is 1.46. The Kier molecular flexibility index (Phi) is 6.60. The van der Waals surface area contributed by atoms with Crippen LogP contribution in [0.2, 0.25) is 0 Å². The fraction of sp³-hybridized carbons (Fsp3) is 0.417. The molecule has 3 nitrogen and oxygen atoms in total. The van der Waals surface area contributed by atoms with Crippen LogP contribution >= 0.6 is 27.5 Å². The predicted molar refractivity (Wildman–Crippen MR) is 72.6 cm³/mol. The molecule has 0 aliphatic heterocycles. The highest BCUT2D eigenvalue weighted by molar-refractivity contribution is 9.10. The van der Waals surface area contributed by atoms with Gasteiger partial charge in [-0.3, -0.25) is 4.79 Å². The first-order valence-corrected chi connectivity index (χ1v) is 6.72. The van der Waals surface area contributed by atoms with Gasteiger partial charge in [-0.25, -0.2) is 4.39 Å². The average molecular weight is 339 g/mol. The summed E-state index contributed by atoms with van der Waals surface area (Å²) < 4.78 is 18.5. The van der Waals surface area contributed by atoms with Gasteiger partial charge in [0.2, 0.25) is 0 Å². The predicted octanol–water partition coefficient (Wildman–Crippen LogP) is 2.92. The number of amides is 1. The molecule has 1 aromatic carbocycles. The first-order chi connectivity index (χ1) is 8.61. The van der Waals surface area contributed by atoms with Gasteiger partial charge in [0.1, 0.15) is 5.82 Å². The monoisotopic (exact) mass is 337 g/mol. The summed E-state index contributed by atoms with van der Waals surface area (Å²) in [6.45, 7) is 1.23. The second kappa shape index (κ2) is 7.71. The molecule has 100 valence electrons. The topological polar surface area (TPSA) is 29.5 Å². The lowest BCUT2D eigenvalue weighted by atomic mass is 10.2. The van der Waals surface area contributed by atoms with E-state index in [4.69, 9.17) is 16.3 Å². The molecule has 0 N–H and O–H groups in total. The second-order valence-corrected chi connectivity index (χ2v) is 4.75. The number of hydrogen-bond acceptors (Lipinski definition) is 2. The lowest BCUT2D eigenvalue weighted by Gasteiger charge is -2.22. The molecule has 0 fully saturated rings. The Morgan fingerprint density at radius 2 is 2.22 bits per heavy atom. The van der Waals surface area contributed by atoms with Gasteiger partial charge in [-0.05, 0) is 28.1 Å². The maximum Gasteiger partial charge on any atom is 0.255 e. The van der Waals surface area contributed by atoms with E-state index in [1.165, 1.54) is 17.0 Å². The molecule has 0 spiro atoms. The Bertz CT molecular complexity index is 417. The van der Waals surface area contributed by atoms with E-state index in [1.807, 2.05) is 0 Å². The normalized spacial score (nSPS) is 10.4. The summed E-state index contributed by atoms with van der Waals surface area (Å²) >= 11 is 8.74. The number of rotatable bonds is 6. The minimum absolute atomic E-state index is 0.173. The highest BCUT2D eigenvalue weighted by Crippen LogP contribution is 2.21. The maximum absolute atomic E-state index is 13.4. The minimum Gasteiger partial charge on any atom is -0.383 e. The fourth-order valence-corrected chi connectivity index (χ4v) is 2.10. The van der Waals surface area contributed by atoms with Gasteiger partial charge >= 0.3 is 0 Å². The van der Waals surface area contributed by atoms with Crippen molar-refractivity contribution in [2.75, 3.05) is 32.7 Å². The molecule has 1 amide bonds. The number of methoxy groups -OCH3 is 1. The van der Waals surface area contributed by atoms with E-state index in [0.29, 0.717) is 25.6 Å². The molecular weight excluding hydrogens is 324 g/mol. The third-order valence-corrected chi connectivity index (χ3v) is 3.36. The Hall–Kier alpha value is -0.650. The Morgan fingerprint density at radius 3 is 2.83 bits per heavy atom. The van der Waals surface area contributed by atoms with Crippen LogP contribution in [0.1, 0.15) is 10.4 Å². The molecule has 1 rings (SSSR count). The molecule has 6 heteroatoms. The number of alkyl halides is 1. The molecule has 0 unspecified atom stereocenters. The third kappa shape index (κ3) is 3.93. The molecule has 1 aromatic rings. The largest absolute Gasteiger partial charge is 0.383 e. The number of carbonyl (C=O) groups is 1. The van der Waals surface area contributed by atoms with Gasteiger partial charge in [0.25, 0.3) is 5.91 Å². The average Bonchev–Trinajstić information content (AvgIpc) is 2.37. The smallest absolute Gasteiger partial charge is 0.255 e. The van der Waals surface area contributed by atoms with E-state index in [9.17, 15) is 9.18 Å². The summed E-state index contributed by atoms with van der Waals surface area (Å²) in [6.07, 6.45) is 0. The number of carbonyl (C=O) groups excluding carboxylic acids is 1. The Morgan fingerprint density at radius 1 is 1.50 bits per heavy atom. The van der Waals surface area contributed by atoms with Crippen LogP contribution < -0.4 is 0 Å². The van der Waals surface area contributed by atoms with Crippen LogP contribution in [-0.2, 0) is 4.74 Å². The van der Waals surface area contributed by atoms with Crippen molar-refractivity contribution in [1.29, 1.82) is 0 Å². The highest BCUT2D eigenvalue weighted by atomic mass is 79.9. The molecule has 0 aliphatic rings. The van der Waals surface area contributed by atoms with Gasteiger partial charge in [0.15, 0.2) is 0 Å². The van der Waals surface area contributed by atoms with E-state index in [-0.39, 0.29) is 15.9 Å². The van der Waals surface area contributed by atoms with Gasteiger partial charge in [0.05, 0.1) is 16.6 Å². The van der Waals surface area contributed by atoms with Crippen molar-refractivity contribution in [3.8, 4) is 0 Å². The summed E-state index contributed by atoms with van der Waals surface area (Å²) in [7, 11) is 1.56. The summed E-state index contributed by atoms with van der Waals surface area (Å²) in [6, 6.07) is 4.37. The van der Waals surface area contributed by atoms with Gasteiger partial charge < -0.3 is 9.64 Å². The quantitative estimate of drug-likeness (QED) is 0.747.